The maximum atomic E-state index is 12.9. The van der Waals surface area contributed by atoms with E-state index in [0.717, 1.165) is 17.7 Å². The van der Waals surface area contributed by atoms with Crippen LogP contribution in [0.15, 0.2) is 18.2 Å². The van der Waals surface area contributed by atoms with E-state index in [1.165, 1.54) is 16.9 Å². The number of aliphatic hydroxyl groups excluding tert-OH is 1. The standard InChI is InChI=1S/C19H22N2O4S/c1-10-17(26-19(20-10)24-2)18(23)21-16(13-8-14(22)9-13)12-3-4-15-11(7-12)5-6-25-15/h3-4,7,13-14,16,22H,5-6,8-9H2,1-2H3,(H,21,23)/t13?,14?,16-/m1/s1. The molecule has 0 unspecified atom stereocenters. The first kappa shape index (κ1) is 17.3. The largest absolute Gasteiger partial charge is 0.493 e. The molecule has 1 aromatic heterocycles. The Morgan fingerprint density at radius 3 is 2.96 bits per heavy atom. The highest BCUT2D eigenvalue weighted by Crippen LogP contribution is 2.40. The Balaban J connectivity index is 1.59. The number of nitrogens with zero attached hydrogens (tertiary/aromatic N) is 1. The van der Waals surface area contributed by atoms with E-state index in [9.17, 15) is 9.90 Å². The molecule has 0 bridgehead atoms. The molecule has 1 saturated carbocycles. The summed E-state index contributed by atoms with van der Waals surface area (Å²) in [4.78, 5) is 17.7. The summed E-state index contributed by atoms with van der Waals surface area (Å²) in [5.41, 5.74) is 2.91. The molecular formula is C19H22N2O4S. The monoisotopic (exact) mass is 374 g/mol. The van der Waals surface area contributed by atoms with Crippen LogP contribution in [0.1, 0.15) is 45.4 Å². The number of amides is 1. The normalized spacial score (nSPS) is 22.1. The molecule has 0 radical (unpaired) electrons. The quantitative estimate of drug-likeness (QED) is 0.841. The van der Waals surface area contributed by atoms with Gasteiger partial charge in [-0.2, -0.15) is 0 Å². The van der Waals surface area contributed by atoms with Crippen molar-refractivity contribution in [3.8, 4) is 10.9 Å². The number of benzene rings is 1. The lowest BCUT2D eigenvalue weighted by Crippen LogP contribution is -2.41. The van der Waals surface area contributed by atoms with Gasteiger partial charge in [-0.05, 0) is 48.9 Å². The van der Waals surface area contributed by atoms with Gasteiger partial charge in [0.25, 0.3) is 11.1 Å². The van der Waals surface area contributed by atoms with Gasteiger partial charge in [-0.15, -0.1) is 0 Å². The molecule has 6 nitrogen and oxygen atoms in total. The van der Waals surface area contributed by atoms with Crippen molar-refractivity contribution in [3.05, 3.63) is 39.9 Å². The molecule has 2 N–H and O–H groups in total. The predicted octanol–water partition coefficient (Wildman–Crippen LogP) is 2.64. The number of methoxy groups -OCH3 is 1. The van der Waals surface area contributed by atoms with Crippen LogP contribution in [0.3, 0.4) is 0 Å². The maximum absolute atomic E-state index is 12.9. The number of rotatable bonds is 5. The van der Waals surface area contributed by atoms with Crippen molar-refractivity contribution < 1.29 is 19.4 Å². The van der Waals surface area contributed by atoms with Gasteiger partial charge in [0.2, 0.25) is 0 Å². The van der Waals surface area contributed by atoms with Gasteiger partial charge in [0.05, 0.1) is 31.6 Å². The van der Waals surface area contributed by atoms with Crippen LogP contribution in [0.4, 0.5) is 0 Å². The number of aryl methyl sites for hydroxylation is 1. The smallest absolute Gasteiger partial charge is 0.273 e. The second kappa shape index (κ2) is 6.89. The molecule has 1 amide bonds. The summed E-state index contributed by atoms with van der Waals surface area (Å²) in [6.45, 7) is 2.51. The Kier molecular flexibility index (Phi) is 4.58. The highest BCUT2D eigenvalue weighted by atomic mass is 32.1. The van der Waals surface area contributed by atoms with Crippen molar-refractivity contribution >= 4 is 17.2 Å². The summed E-state index contributed by atoms with van der Waals surface area (Å²) in [7, 11) is 1.55. The number of carbonyl (C=O) groups is 1. The number of thiazole rings is 1. The first-order valence-electron chi connectivity index (χ1n) is 8.81. The minimum atomic E-state index is -0.276. The first-order chi connectivity index (χ1) is 12.5. The van der Waals surface area contributed by atoms with Gasteiger partial charge in [-0.25, -0.2) is 4.98 Å². The van der Waals surface area contributed by atoms with E-state index in [2.05, 4.69) is 16.4 Å². The van der Waals surface area contributed by atoms with E-state index in [4.69, 9.17) is 9.47 Å². The molecule has 7 heteroatoms. The minimum Gasteiger partial charge on any atom is -0.493 e. The molecular weight excluding hydrogens is 352 g/mol. The molecule has 138 valence electrons. The van der Waals surface area contributed by atoms with Crippen LogP contribution in [-0.2, 0) is 6.42 Å². The van der Waals surface area contributed by atoms with Crippen LogP contribution < -0.4 is 14.8 Å². The number of aromatic nitrogens is 1. The van der Waals surface area contributed by atoms with E-state index in [-0.39, 0.29) is 24.0 Å². The first-order valence-corrected chi connectivity index (χ1v) is 9.62. The number of hydrogen-bond donors (Lipinski definition) is 2. The Morgan fingerprint density at radius 2 is 2.27 bits per heavy atom. The highest BCUT2D eigenvalue weighted by molar-refractivity contribution is 7.15. The molecule has 2 aromatic rings. The molecule has 1 aromatic carbocycles. The van der Waals surface area contributed by atoms with Gasteiger partial charge in [0.1, 0.15) is 10.6 Å². The van der Waals surface area contributed by atoms with Crippen LogP contribution in [0.5, 0.6) is 10.9 Å². The summed E-state index contributed by atoms with van der Waals surface area (Å²) in [6.07, 6.45) is 2.01. The topological polar surface area (TPSA) is 80.7 Å². The van der Waals surface area contributed by atoms with Gasteiger partial charge in [0, 0.05) is 6.42 Å². The third-order valence-corrected chi connectivity index (χ3v) is 6.26. The van der Waals surface area contributed by atoms with Crippen LogP contribution >= 0.6 is 11.3 Å². The lowest BCUT2D eigenvalue weighted by molar-refractivity contribution is 0.0235. The summed E-state index contributed by atoms with van der Waals surface area (Å²) in [5.74, 6) is 1.01. The van der Waals surface area contributed by atoms with E-state index in [0.29, 0.717) is 35.2 Å². The third-order valence-electron chi connectivity index (χ3n) is 5.14. The SMILES string of the molecule is COc1nc(C)c(C(=O)N[C@H](c2ccc3c(c2)CCO3)C2CC(O)C2)s1. The second-order valence-electron chi connectivity index (χ2n) is 6.90. The number of aliphatic hydroxyl groups is 1. The fraction of sp³-hybridized carbons (Fsp3) is 0.474. The van der Waals surface area contributed by atoms with Crippen molar-refractivity contribution in [2.75, 3.05) is 13.7 Å². The fourth-order valence-electron chi connectivity index (χ4n) is 3.65. The van der Waals surface area contributed by atoms with Crippen molar-refractivity contribution in [1.82, 2.24) is 10.3 Å². The second-order valence-corrected chi connectivity index (χ2v) is 7.86. The van der Waals surface area contributed by atoms with Gasteiger partial charge in [-0.3, -0.25) is 4.79 Å². The predicted molar refractivity (Wildman–Crippen MR) is 98.0 cm³/mol. The van der Waals surface area contributed by atoms with Gasteiger partial charge in [-0.1, -0.05) is 17.4 Å². The zero-order valence-electron chi connectivity index (χ0n) is 14.8. The molecule has 1 atom stereocenters. The summed E-state index contributed by atoms with van der Waals surface area (Å²) >= 11 is 1.25. The Hall–Kier alpha value is -2.12. The zero-order chi connectivity index (χ0) is 18.3. The number of carbonyl (C=O) groups excluding carboxylic acids is 1. The molecule has 1 aliphatic carbocycles. The van der Waals surface area contributed by atoms with Crippen LogP contribution in [0.2, 0.25) is 0 Å². The van der Waals surface area contributed by atoms with E-state index in [1.54, 1.807) is 7.11 Å². The van der Waals surface area contributed by atoms with E-state index >= 15 is 0 Å². The van der Waals surface area contributed by atoms with Gasteiger partial charge < -0.3 is 19.9 Å². The fourth-order valence-corrected chi connectivity index (χ4v) is 4.44. The Labute approximate surface area is 156 Å². The van der Waals surface area contributed by atoms with Crippen molar-refractivity contribution in [1.29, 1.82) is 0 Å². The molecule has 2 aliphatic rings. The third kappa shape index (κ3) is 3.17. The number of hydrogen-bond acceptors (Lipinski definition) is 6. The van der Waals surface area contributed by atoms with Crippen molar-refractivity contribution in [2.24, 2.45) is 5.92 Å². The number of fused-ring (bicyclic) bond motifs is 1. The van der Waals surface area contributed by atoms with Crippen molar-refractivity contribution in [2.45, 2.75) is 38.3 Å². The van der Waals surface area contributed by atoms with Crippen molar-refractivity contribution in [3.63, 3.8) is 0 Å². The lowest BCUT2D eigenvalue weighted by Gasteiger charge is -2.38. The zero-order valence-corrected chi connectivity index (χ0v) is 15.6. The molecule has 4 rings (SSSR count). The molecule has 2 heterocycles. The summed E-state index contributed by atoms with van der Waals surface area (Å²) < 4.78 is 10.7. The van der Waals surface area contributed by atoms with Crippen LogP contribution in [0.25, 0.3) is 0 Å². The molecule has 0 saturated heterocycles. The molecule has 1 fully saturated rings. The molecule has 0 spiro atoms. The van der Waals surface area contributed by atoms with Crippen LogP contribution in [0, 0.1) is 12.8 Å². The Bertz CT molecular complexity index is 829. The Morgan fingerprint density at radius 1 is 1.46 bits per heavy atom. The van der Waals surface area contributed by atoms with E-state index in [1.807, 2.05) is 19.1 Å². The average Bonchev–Trinajstić information content (AvgIpc) is 3.22. The minimum absolute atomic E-state index is 0.135. The molecule has 1 aliphatic heterocycles. The van der Waals surface area contributed by atoms with Crippen LogP contribution in [-0.4, -0.2) is 35.8 Å². The van der Waals surface area contributed by atoms with Gasteiger partial charge in [0.15, 0.2) is 0 Å². The maximum Gasteiger partial charge on any atom is 0.273 e. The number of nitrogens with one attached hydrogen (secondary N) is 1. The van der Waals surface area contributed by atoms with E-state index < -0.39 is 0 Å². The lowest BCUT2D eigenvalue weighted by atomic mass is 9.75. The number of ether oxygens (including phenoxy) is 2. The average molecular weight is 374 g/mol. The summed E-state index contributed by atoms with van der Waals surface area (Å²) in [5, 5.41) is 13.4. The molecule has 26 heavy (non-hydrogen) atoms. The highest BCUT2D eigenvalue weighted by Gasteiger charge is 2.36. The summed E-state index contributed by atoms with van der Waals surface area (Å²) in [6, 6.07) is 5.98. The van der Waals surface area contributed by atoms with Gasteiger partial charge >= 0.3 is 0 Å².